The van der Waals surface area contributed by atoms with Gasteiger partial charge in [0.05, 0.1) is 25.8 Å². The average molecular weight is 325 g/mol. The lowest BCUT2D eigenvalue weighted by Crippen LogP contribution is -2.37. The van der Waals surface area contributed by atoms with E-state index in [0.717, 1.165) is 5.56 Å². The zero-order valence-corrected chi connectivity index (χ0v) is 14.7. The summed E-state index contributed by atoms with van der Waals surface area (Å²) in [5.74, 6) is 1.30. The lowest BCUT2D eigenvalue weighted by molar-refractivity contribution is 0.0332. The highest BCUT2D eigenvalue weighted by Crippen LogP contribution is 2.29. The molecule has 0 fully saturated rings. The highest BCUT2D eigenvalue weighted by atomic mass is 32.1. The van der Waals surface area contributed by atoms with Crippen LogP contribution in [0, 0.1) is 0 Å². The van der Waals surface area contributed by atoms with Gasteiger partial charge in [-0.05, 0) is 45.4 Å². The van der Waals surface area contributed by atoms with Gasteiger partial charge in [0.15, 0.2) is 0 Å². The molecule has 5 nitrogen and oxygen atoms in total. The van der Waals surface area contributed by atoms with Gasteiger partial charge in [-0.1, -0.05) is 12.2 Å². The number of hydrogen-bond donors (Lipinski definition) is 0. The molecular weight excluding hydrogens is 302 g/mol. The van der Waals surface area contributed by atoms with Gasteiger partial charge in [-0.3, -0.25) is 4.90 Å². The fraction of sp³-hybridized carbons (Fsp3) is 0.500. The molecule has 0 saturated heterocycles. The predicted molar refractivity (Wildman–Crippen MR) is 89.7 cm³/mol. The first kappa shape index (κ1) is 18.2. The Hall–Kier alpha value is -1.82. The number of amides is 1. The van der Waals surface area contributed by atoms with Crippen molar-refractivity contribution in [3.63, 3.8) is 0 Å². The molecule has 1 aromatic rings. The molecular formula is C16H23NO4S. The minimum atomic E-state index is -0.584. The molecule has 1 amide bonds. The molecule has 0 spiro atoms. The van der Waals surface area contributed by atoms with E-state index in [9.17, 15) is 4.79 Å². The predicted octanol–water partition coefficient (Wildman–Crippen LogP) is 3.96. The molecule has 0 aliphatic carbocycles. The summed E-state index contributed by atoms with van der Waals surface area (Å²) in [4.78, 5) is 13.6. The van der Waals surface area contributed by atoms with Crippen molar-refractivity contribution in [2.45, 2.75) is 39.3 Å². The Morgan fingerprint density at radius 3 is 2.05 bits per heavy atom. The Kier molecular flexibility index (Phi) is 6.17. The van der Waals surface area contributed by atoms with Crippen LogP contribution in [0.1, 0.15) is 39.3 Å². The van der Waals surface area contributed by atoms with Gasteiger partial charge in [-0.15, -0.1) is 0 Å². The normalized spacial score (nSPS) is 12.3. The number of rotatable bonds is 5. The minimum Gasteiger partial charge on any atom is -0.497 e. The molecule has 0 N–H and O–H groups in total. The van der Waals surface area contributed by atoms with Crippen molar-refractivity contribution < 1.29 is 19.0 Å². The Morgan fingerprint density at radius 1 is 1.18 bits per heavy atom. The smallest absolute Gasteiger partial charge is 0.415 e. The number of hydrogen-bond acceptors (Lipinski definition) is 5. The van der Waals surface area contributed by atoms with E-state index in [0.29, 0.717) is 11.5 Å². The van der Waals surface area contributed by atoms with Crippen LogP contribution in [0.5, 0.6) is 11.5 Å². The van der Waals surface area contributed by atoms with Gasteiger partial charge in [0.25, 0.3) is 0 Å². The number of benzene rings is 1. The van der Waals surface area contributed by atoms with Gasteiger partial charge in [0.2, 0.25) is 0 Å². The third kappa shape index (κ3) is 4.87. The first-order valence-electron chi connectivity index (χ1n) is 6.91. The number of carbonyl (C=O) groups is 1. The summed E-state index contributed by atoms with van der Waals surface area (Å²) in [6, 6.07) is 5.13. The van der Waals surface area contributed by atoms with Crippen molar-refractivity contribution in [2.24, 2.45) is 0 Å². The van der Waals surface area contributed by atoms with Crippen LogP contribution < -0.4 is 9.47 Å². The van der Waals surface area contributed by atoms with Gasteiger partial charge < -0.3 is 14.2 Å². The van der Waals surface area contributed by atoms with Gasteiger partial charge in [0, 0.05) is 6.07 Å². The molecule has 1 aromatic carbocycles. The molecule has 1 atom stereocenters. The Bertz CT molecular complexity index is 517. The molecule has 0 radical (unpaired) electrons. The molecule has 0 heterocycles. The van der Waals surface area contributed by atoms with Crippen molar-refractivity contribution in [1.82, 2.24) is 4.90 Å². The molecule has 0 aliphatic rings. The second kappa shape index (κ2) is 7.45. The molecule has 122 valence electrons. The molecule has 6 heteroatoms. The second-order valence-corrected chi connectivity index (χ2v) is 6.03. The van der Waals surface area contributed by atoms with Crippen LogP contribution in [0.3, 0.4) is 0 Å². The maximum absolute atomic E-state index is 12.3. The number of methoxy groups -OCH3 is 2. The lowest BCUT2D eigenvalue weighted by Gasteiger charge is -2.29. The molecule has 1 rings (SSSR count). The fourth-order valence-corrected chi connectivity index (χ4v) is 2.11. The van der Waals surface area contributed by atoms with Crippen LogP contribution in [0.4, 0.5) is 4.79 Å². The summed E-state index contributed by atoms with van der Waals surface area (Å²) in [7, 11) is 3.15. The van der Waals surface area contributed by atoms with Gasteiger partial charge in [0.1, 0.15) is 17.1 Å². The number of thiocarbonyl (C=S) groups is 1. The maximum Gasteiger partial charge on any atom is 0.415 e. The Balaban J connectivity index is 3.08. The van der Waals surface area contributed by atoms with E-state index < -0.39 is 11.7 Å². The van der Waals surface area contributed by atoms with E-state index >= 15 is 0 Å². The monoisotopic (exact) mass is 325 g/mol. The standard InChI is InChI=1S/C16H23NO4S/c1-11(17(10-22)15(18)21-16(2,3)4)12-7-13(19-5)9-14(8-12)20-6/h7-11H,1-6H3/t11-/m1/s1. The molecule has 0 unspecified atom stereocenters. The van der Waals surface area contributed by atoms with Crippen molar-refractivity contribution in [3.05, 3.63) is 23.8 Å². The lowest BCUT2D eigenvalue weighted by atomic mass is 10.1. The SMILES string of the molecule is COc1cc(OC)cc([C@@H](C)N(C=S)C(=O)OC(C)(C)C)c1. The number of carbonyl (C=O) groups excluding carboxylic acids is 1. The summed E-state index contributed by atoms with van der Waals surface area (Å²) in [5.41, 5.74) is 1.55. The Labute approximate surface area is 137 Å². The largest absolute Gasteiger partial charge is 0.497 e. The van der Waals surface area contributed by atoms with Crippen molar-refractivity contribution in [3.8, 4) is 11.5 Å². The van der Waals surface area contributed by atoms with Gasteiger partial charge in [-0.2, -0.15) is 0 Å². The topological polar surface area (TPSA) is 48.0 Å². The van der Waals surface area contributed by atoms with Crippen LogP contribution in [0.15, 0.2) is 18.2 Å². The highest BCUT2D eigenvalue weighted by molar-refractivity contribution is 7.78. The molecule has 0 aliphatic heterocycles. The Morgan fingerprint density at radius 2 is 1.68 bits per heavy atom. The van der Waals surface area contributed by atoms with Crippen LogP contribution in [-0.4, -0.2) is 36.3 Å². The third-order valence-corrected chi connectivity index (χ3v) is 3.22. The van der Waals surface area contributed by atoms with Crippen molar-refractivity contribution in [2.75, 3.05) is 14.2 Å². The van der Waals surface area contributed by atoms with Crippen LogP contribution in [-0.2, 0) is 4.74 Å². The summed E-state index contributed by atoms with van der Waals surface area (Å²) < 4.78 is 15.9. The van der Waals surface area contributed by atoms with E-state index in [1.54, 1.807) is 20.3 Å². The van der Waals surface area contributed by atoms with Crippen LogP contribution in [0.2, 0.25) is 0 Å². The summed E-state index contributed by atoms with van der Waals surface area (Å²) in [6.07, 6.45) is -0.489. The van der Waals surface area contributed by atoms with Crippen LogP contribution in [0.25, 0.3) is 0 Å². The second-order valence-electron chi connectivity index (χ2n) is 5.81. The average Bonchev–Trinajstić information content (AvgIpc) is 2.45. The zero-order valence-electron chi connectivity index (χ0n) is 13.9. The number of nitrogens with zero attached hydrogens (tertiary/aromatic N) is 1. The molecule has 22 heavy (non-hydrogen) atoms. The summed E-state index contributed by atoms with van der Waals surface area (Å²) in [5, 5.41) is 0. The highest BCUT2D eigenvalue weighted by Gasteiger charge is 2.26. The minimum absolute atomic E-state index is 0.309. The summed E-state index contributed by atoms with van der Waals surface area (Å²) in [6.45, 7) is 7.30. The van der Waals surface area contributed by atoms with Crippen molar-refractivity contribution >= 4 is 23.8 Å². The molecule has 0 saturated carbocycles. The fourth-order valence-electron chi connectivity index (χ4n) is 1.84. The van der Waals surface area contributed by atoms with Gasteiger partial charge >= 0.3 is 6.09 Å². The summed E-state index contributed by atoms with van der Waals surface area (Å²) >= 11 is 4.98. The quantitative estimate of drug-likeness (QED) is 0.767. The van der Waals surface area contributed by atoms with E-state index in [2.05, 4.69) is 0 Å². The van der Waals surface area contributed by atoms with E-state index in [1.807, 2.05) is 39.8 Å². The molecule has 0 aromatic heterocycles. The molecule has 0 bridgehead atoms. The maximum atomic E-state index is 12.3. The first-order valence-corrected chi connectivity index (χ1v) is 7.38. The van der Waals surface area contributed by atoms with Crippen LogP contribution >= 0.6 is 12.2 Å². The van der Waals surface area contributed by atoms with E-state index in [4.69, 9.17) is 26.4 Å². The number of ether oxygens (including phenoxy) is 3. The zero-order chi connectivity index (χ0) is 16.9. The third-order valence-electron chi connectivity index (χ3n) is 2.99. The van der Waals surface area contributed by atoms with E-state index in [1.165, 1.54) is 10.4 Å². The van der Waals surface area contributed by atoms with Crippen molar-refractivity contribution in [1.29, 1.82) is 0 Å². The van der Waals surface area contributed by atoms with E-state index in [-0.39, 0.29) is 6.04 Å². The first-order chi connectivity index (χ1) is 10.2. The van der Waals surface area contributed by atoms with Gasteiger partial charge in [-0.25, -0.2) is 4.79 Å².